The van der Waals surface area contributed by atoms with Crippen molar-refractivity contribution in [2.45, 2.75) is 44.0 Å². The first-order valence-corrected chi connectivity index (χ1v) is 8.77. The summed E-state index contributed by atoms with van der Waals surface area (Å²) < 4.78 is 17.8. The zero-order chi connectivity index (χ0) is 15.6. The molecule has 0 spiro atoms. The van der Waals surface area contributed by atoms with Gasteiger partial charge >= 0.3 is 6.03 Å². The van der Waals surface area contributed by atoms with E-state index in [0.29, 0.717) is 4.21 Å². The van der Waals surface area contributed by atoms with Gasteiger partial charge in [-0.05, 0) is 43.4 Å². The predicted octanol–water partition coefficient (Wildman–Crippen LogP) is 4.65. The summed E-state index contributed by atoms with van der Waals surface area (Å²) in [6.07, 6.45) is 0. The van der Waals surface area contributed by atoms with Gasteiger partial charge in [-0.25, -0.2) is 4.79 Å². The molecule has 0 saturated carbocycles. The standard InChI is InChI=1S/C15H19N2O2S2/c1-10(2)17(11(3)4)15(18)16-21(19)14-9-12-7-5-6-8-13(12)20-14/h5-11H,1-4H3/q-1. The van der Waals surface area contributed by atoms with Gasteiger partial charge in [0, 0.05) is 16.8 Å². The van der Waals surface area contributed by atoms with Crippen molar-refractivity contribution in [1.82, 2.24) is 4.90 Å². The molecule has 1 aromatic carbocycles. The Labute approximate surface area is 131 Å². The number of benzene rings is 1. The number of hydrogen-bond acceptors (Lipinski definition) is 4. The van der Waals surface area contributed by atoms with Gasteiger partial charge in [0.1, 0.15) is 0 Å². The molecule has 2 aromatic rings. The first kappa shape index (κ1) is 16.0. The second kappa shape index (κ2) is 6.58. The Hall–Kier alpha value is -1.40. The molecule has 0 radical (unpaired) electrons. The molecular weight excluding hydrogens is 304 g/mol. The van der Waals surface area contributed by atoms with E-state index in [1.54, 1.807) is 4.90 Å². The molecule has 0 unspecified atom stereocenters. The fraction of sp³-hybridized carbons (Fsp3) is 0.400. The third-order valence-electron chi connectivity index (χ3n) is 3.07. The summed E-state index contributed by atoms with van der Waals surface area (Å²) in [5, 5.41) is 1.03. The highest BCUT2D eigenvalue weighted by molar-refractivity contribution is 7.78. The largest absolute Gasteiger partial charge is 0.439 e. The fourth-order valence-electron chi connectivity index (χ4n) is 2.24. The minimum atomic E-state index is -1.65. The van der Waals surface area contributed by atoms with Crippen LogP contribution in [-0.2, 0) is 14.8 Å². The number of nitrogens with zero attached hydrogens (tertiary/aromatic N) is 2. The summed E-state index contributed by atoms with van der Waals surface area (Å²) in [5.41, 5.74) is 0. The Balaban J connectivity index is 2.31. The third-order valence-corrected chi connectivity index (χ3v) is 5.44. The molecule has 6 heteroatoms. The zero-order valence-corrected chi connectivity index (χ0v) is 14.2. The molecule has 0 fully saturated rings. The van der Waals surface area contributed by atoms with Gasteiger partial charge in [-0.3, -0.25) is 0 Å². The maximum atomic E-state index is 12.3. The van der Waals surface area contributed by atoms with E-state index < -0.39 is 16.6 Å². The van der Waals surface area contributed by atoms with Crippen LogP contribution in [0.5, 0.6) is 0 Å². The lowest BCUT2D eigenvalue weighted by Crippen LogP contribution is -2.40. The Morgan fingerprint density at radius 1 is 1.19 bits per heavy atom. The smallest absolute Gasteiger partial charge is 0.320 e. The highest BCUT2D eigenvalue weighted by Crippen LogP contribution is 2.26. The second-order valence-corrected chi connectivity index (χ2v) is 7.78. The van der Waals surface area contributed by atoms with Crippen molar-refractivity contribution in [1.29, 1.82) is 0 Å². The molecule has 0 N–H and O–H groups in total. The Kier molecular flexibility index (Phi) is 5.00. The lowest BCUT2D eigenvalue weighted by Gasteiger charge is -2.29. The summed E-state index contributed by atoms with van der Waals surface area (Å²) in [7, 11) is -1.65. The van der Waals surface area contributed by atoms with Crippen LogP contribution in [0.25, 0.3) is 10.1 Å². The quantitative estimate of drug-likeness (QED) is 0.772. The van der Waals surface area contributed by atoms with Crippen molar-refractivity contribution in [2.24, 2.45) is 4.36 Å². The van der Waals surface area contributed by atoms with Gasteiger partial charge in [0.25, 0.3) is 0 Å². The van der Waals surface area contributed by atoms with E-state index >= 15 is 0 Å². The van der Waals surface area contributed by atoms with E-state index in [9.17, 15) is 9.00 Å². The highest BCUT2D eigenvalue weighted by Gasteiger charge is 2.17. The van der Waals surface area contributed by atoms with Crippen LogP contribution in [0.4, 0.5) is 4.79 Å². The van der Waals surface area contributed by atoms with Crippen LogP contribution in [0.3, 0.4) is 0 Å². The Morgan fingerprint density at radius 3 is 2.38 bits per heavy atom. The molecule has 2 amide bonds. The van der Waals surface area contributed by atoms with Gasteiger partial charge in [0.2, 0.25) is 0 Å². The van der Waals surface area contributed by atoms with E-state index in [0.717, 1.165) is 10.1 Å². The molecular formula is C15H19N2O2S2-. The SMILES string of the molecule is CC(C)N(C(=O)/N=[S-](=O)/c1cc2ccccc2s1)C(C)C. The van der Waals surface area contributed by atoms with Gasteiger partial charge in [0.05, 0.1) is 0 Å². The number of carbonyl (C=O) groups excluding carboxylic acids is 1. The van der Waals surface area contributed by atoms with Crippen molar-refractivity contribution in [2.75, 3.05) is 0 Å². The normalized spacial score (nSPS) is 13.2. The summed E-state index contributed by atoms with van der Waals surface area (Å²) in [6.45, 7) is 7.71. The van der Waals surface area contributed by atoms with Crippen molar-refractivity contribution < 1.29 is 9.00 Å². The first-order valence-electron chi connectivity index (χ1n) is 6.84. The summed E-state index contributed by atoms with van der Waals surface area (Å²) in [4.78, 5) is 13.8. The van der Waals surface area contributed by atoms with Crippen LogP contribution < -0.4 is 0 Å². The monoisotopic (exact) mass is 323 g/mol. The van der Waals surface area contributed by atoms with E-state index in [1.807, 2.05) is 58.0 Å². The molecule has 0 aliphatic carbocycles. The minimum Gasteiger partial charge on any atom is -0.439 e. The van der Waals surface area contributed by atoms with Crippen molar-refractivity contribution in [3.05, 3.63) is 30.3 Å². The molecule has 21 heavy (non-hydrogen) atoms. The number of urea groups is 1. The minimum absolute atomic E-state index is 0.0284. The molecule has 4 nitrogen and oxygen atoms in total. The van der Waals surface area contributed by atoms with Crippen LogP contribution >= 0.6 is 11.3 Å². The molecule has 0 saturated heterocycles. The number of fused-ring (bicyclic) bond motifs is 1. The van der Waals surface area contributed by atoms with Gasteiger partial charge in [0.15, 0.2) is 0 Å². The average Bonchev–Trinajstić information content (AvgIpc) is 2.81. The van der Waals surface area contributed by atoms with Crippen LogP contribution in [-0.4, -0.2) is 23.0 Å². The second-order valence-electron chi connectivity index (χ2n) is 5.32. The maximum Gasteiger partial charge on any atom is 0.320 e. The topological polar surface area (TPSA) is 49.7 Å². The van der Waals surface area contributed by atoms with Crippen molar-refractivity contribution >= 4 is 38.0 Å². The van der Waals surface area contributed by atoms with Crippen molar-refractivity contribution in [3.8, 4) is 0 Å². The van der Waals surface area contributed by atoms with E-state index in [-0.39, 0.29) is 12.1 Å². The Bertz CT molecular complexity index is 687. The van der Waals surface area contributed by atoms with Crippen LogP contribution in [0.15, 0.2) is 38.9 Å². The number of rotatable bonds is 3. The number of amides is 2. The van der Waals surface area contributed by atoms with Crippen LogP contribution in [0, 0.1) is 0 Å². The zero-order valence-electron chi connectivity index (χ0n) is 12.6. The van der Waals surface area contributed by atoms with Gasteiger partial charge in [-0.2, -0.15) is 11.3 Å². The fourth-order valence-corrected chi connectivity index (χ4v) is 4.26. The molecule has 0 bridgehead atoms. The Morgan fingerprint density at radius 2 is 1.81 bits per heavy atom. The van der Waals surface area contributed by atoms with Crippen LogP contribution in [0.2, 0.25) is 0 Å². The number of thiophene rings is 1. The van der Waals surface area contributed by atoms with Crippen LogP contribution in [0.1, 0.15) is 27.7 Å². The number of hydrogen-bond donors (Lipinski definition) is 0. The average molecular weight is 323 g/mol. The summed E-state index contributed by atoms with van der Waals surface area (Å²) >= 11 is 1.41. The van der Waals surface area contributed by atoms with Gasteiger partial charge < -0.3 is 13.5 Å². The van der Waals surface area contributed by atoms with Gasteiger partial charge in [-0.1, -0.05) is 24.3 Å². The van der Waals surface area contributed by atoms with Crippen molar-refractivity contribution in [3.63, 3.8) is 0 Å². The molecule has 0 aliphatic rings. The van der Waals surface area contributed by atoms with E-state index in [4.69, 9.17) is 0 Å². The summed E-state index contributed by atoms with van der Waals surface area (Å²) in [5.74, 6) is 0. The molecule has 0 aliphatic heterocycles. The third kappa shape index (κ3) is 3.63. The van der Waals surface area contributed by atoms with Gasteiger partial charge in [-0.15, -0.1) is 10.6 Å². The summed E-state index contributed by atoms with van der Waals surface area (Å²) in [6, 6.07) is 9.27. The number of carbonyl (C=O) groups is 1. The lowest BCUT2D eigenvalue weighted by molar-refractivity contribution is 0.175. The van der Waals surface area contributed by atoms with E-state index in [2.05, 4.69) is 4.36 Å². The molecule has 2 rings (SSSR count). The maximum absolute atomic E-state index is 12.3. The lowest BCUT2D eigenvalue weighted by atomic mass is 10.2. The molecule has 0 atom stereocenters. The molecule has 1 aromatic heterocycles. The van der Waals surface area contributed by atoms with E-state index in [1.165, 1.54) is 11.3 Å². The molecule has 114 valence electrons. The highest BCUT2D eigenvalue weighted by atomic mass is 32.2. The molecule has 1 heterocycles. The first-order chi connectivity index (χ1) is 9.90. The predicted molar refractivity (Wildman–Crippen MR) is 88.1 cm³/mol.